The van der Waals surface area contributed by atoms with Crippen molar-refractivity contribution in [3.63, 3.8) is 0 Å². The summed E-state index contributed by atoms with van der Waals surface area (Å²) in [5.74, 6) is 0.604. The van der Waals surface area contributed by atoms with Crippen molar-refractivity contribution < 1.29 is 14.6 Å². The van der Waals surface area contributed by atoms with Gasteiger partial charge in [0, 0.05) is 23.7 Å². The van der Waals surface area contributed by atoms with Crippen LogP contribution in [0.2, 0.25) is 0 Å². The Kier molecular flexibility index (Phi) is 2.93. The van der Waals surface area contributed by atoms with E-state index in [4.69, 9.17) is 10.5 Å². The number of benzene rings is 1. The van der Waals surface area contributed by atoms with E-state index in [-0.39, 0.29) is 11.5 Å². The third-order valence-electron chi connectivity index (χ3n) is 2.75. The van der Waals surface area contributed by atoms with Gasteiger partial charge >= 0.3 is 0 Å². The summed E-state index contributed by atoms with van der Waals surface area (Å²) < 4.78 is 6.44. The third-order valence-corrected chi connectivity index (χ3v) is 2.75. The van der Waals surface area contributed by atoms with Crippen molar-refractivity contribution in [1.82, 2.24) is 9.78 Å². The first-order valence-corrected chi connectivity index (χ1v) is 5.22. The highest BCUT2D eigenvalue weighted by Crippen LogP contribution is 2.36. The molecular formula is C12H13N3O3. The van der Waals surface area contributed by atoms with Crippen LogP contribution in [0, 0.1) is 0 Å². The molecule has 0 aliphatic heterocycles. The van der Waals surface area contributed by atoms with Crippen LogP contribution in [0.5, 0.6) is 11.5 Å². The number of hydrogen-bond donors (Lipinski definition) is 2. The topological polar surface area (TPSA) is 90.4 Å². The molecular weight excluding hydrogens is 234 g/mol. The number of nitrogens with two attached hydrogens (primary N) is 1. The molecule has 0 amide bonds. The summed E-state index contributed by atoms with van der Waals surface area (Å²) in [5.41, 5.74) is 7.35. The molecule has 18 heavy (non-hydrogen) atoms. The van der Waals surface area contributed by atoms with Crippen LogP contribution in [-0.4, -0.2) is 28.3 Å². The number of nitrogen functional groups attached to an aromatic ring is 1. The van der Waals surface area contributed by atoms with Gasteiger partial charge in [-0.25, -0.2) is 0 Å². The van der Waals surface area contributed by atoms with Crippen LogP contribution in [0.3, 0.4) is 0 Å². The van der Waals surface area contributed by atoms with Gasteiger partial charge in [-0.1, -0.05) is 0 Å². The maximum Gasteiger partial charge on any atom is 0.161 e. The Labute approximate surface area is 104 Å². The van der Waals surface area contributed by atoms with Gasteiger partial charge in [0.2, 0.25) is 0 Å². The first-order chi connectivity index (χ1) is 8.58. The number of aryl methyl sites for hydroxylation is 1. The second-order valence-corrected chi connectivity index (χ2v) is 3.80. The van der Waals surface area contributed by atoms with Gasteiger partial charge in [-0.05, 0) is 12.1 Å². The second-order valence-electron chi connectivity index (χ2n) is 3.80. The van der Waals surface area contributed by atoms with Crippen molar-refractivity contribution in [2.45, 2.75) is 0 Å². The fourth-order valence-electron chi connectivity index (χ4n) is 1.73. The number of phenols is 1. The van der Waals surface area contributed by atoms with E-state index in [0.29, 0.717) is 28.8 Å². The molecule has 6 nitrogen and oxygen atoms in total. The van der Waals surface area contributed by atoms with Gasteiger partial charge in [0.05, 0.1) is 13.3 Å². The molecule has 0 atom stereocenters. The Hall–Kier alpha value is -2.50. The van der Waals surface area contributed by atoms with Crippen LogP contribution in [0.25, 0.3) is 11.1 Å². The number of aromatic nitrogens is 2. The van der Waals surface area contributed by atoms with E-state index in [1.165, 1.54) is 23.9 Å². The van der Waals surface area contributed by atoms with Crippen molar-refractivity contribution in [2.75, 3.05) is 12.8 Å². The van der Waals surface area contributed by atoms with Gasteiger partial charge in [-0.2, -0.15) is 5.10 Å². The van der Waals surface area contributed by atoms with Gasteiger partial charge in [-0.15, -0.1) is 0 Å². The van der Waals surface area contributed by atoms with Gasteiger partial charge < -0.3 is 15.6 Å². The molecule has 1 heterocycles. The molecule has 0 aliphatic rings. The summed E-state index contributed by atoms with van der Waals surface area (Å²) in [7, 11) is 3.12. The Bertz CT molecular complexity index is 605. The summed E-state index contributed by atoms with van der Waals surface area (Å²) >= 11 is 0. The van der Waals surface area contributed by atoms with E-state index < -0.39 is 0 Å². The largest absolute Gasteiger partial charge is 0.504 e. The average molecular weight is 247 g/mol. The monoisotopic (exact) mass is 247 g/mol. The summed E-state index contributed by atoms with van der Waals surface area (Å²) in [6, 6.07) is 2.90. The van der Waals surface area contributed by atoms with Crippen LogP contribution >= 0.6 is 0 Å². The predicted molar refractivity (Wildman–Crippen MR) is 66.7 cm³/mol. The van der Waals surface area contributed by atoms with E-state index in [1.54, 1.807) is 13.2 Å². The predicted octanol–water partition coefficient (Wildman–Crippen LogP) is 1.20. The third kappa shape index (κ3) is 1.77. The highest BCUT2D eigenvalue weighted by atomic mass is 16.5. The number of phenolic OH excluding ortho intramolecular Hbond substituents is 1. The lowest BCUT2D eigenvalue weighted by atomic mass is 10.0. The number of aromatic hydroxyl groups is 1. The van der Waals surface area contributed by atoms with Crippen LogP contribution in [0.1, 0.15) is 10.4 Å². The number of carbonyl (C=O) groups is 1. The zero-order valence-electron chi connectivity index (χ0n) is 10.0. The highest BCUT2D eigenvalue weighted by Gasteiger charge is 2.15. The lowest BCUT2D eigenvalue weighted by molar-refractivity contribution is 0.112. The minimum Gasteiger partial charge on any atom is -0.504 e. The number of carbonyl (C=O) groups excluding carboxylic acids is 1. The zero-order valence-corrected chi connectivity index (χ0v) is 10.0. The van der Waals surface area contributed by atoms with E-state index in [0.717, 1.165) is 0 Å². The molecule has 0 radical (unpaired) electrons. The van der Waals surface area contributed by atoms with Crippen molar-refractivity contribution in [1.29, 1.82) is 0 Å². The molecule has 1 aromatic carbocycles. The minimum atomic E-state index is -0.0543. The number of anilines is 1. The van der Waals surface area contributed by atoms with E-state index in [1.807, 2.05) is 0 Å². The average Bonchev–Trinajstić information content (AvgIpc) is 2.70. The fraction of sp³-hybridized carbons (Fsp3) is 0.167. The summed E-state index contributed by atoms with van der Waals surface area (Å²) in [6.45, 7) is 0. The zero-order chi connectivity index (χ0) is 13.3. The first kappa shape index (κ1) is 12.0. The molecule has 0 saturated carbocycles. The molecule has 0 spiro atoms. The molecule has 2 rings (SSSR count). The minimum absolute atomic E-state index is 0.0543. The van der Waals surface area contributed by atoms with E-state index in [2.05, 4.69) is 5.10 Å². The molecule has 3 N–H and O–H groups in total. The number of nitrogens with zero attached hydrogens (tertiary/aromatic N) is 2. The van der Waals surface area contributed by atoms with Gasteiger partial charge in [-0.3, -0.25) is 9.48 Å². The van der Waals surface area contributed by atoms with Crippen molar-refractivity contribution >= 4 is 12.1 Å². The van der Waals surface area contributed by atoms with Crippen molar-refractivity contribution in [3.8, 4) is 22.6 Å². The van der Waals surface area contributed by atoms with Crippen molar-refractivity contribution in [2.24, 2.45) is 7.05 Å². The lowest BCUT2D eigenvalue weighted by Crippen LogP contribution is -1.99. The van der Waals surface area contributed by atoms with Gasteiger partial charge in [0.1, 0.15) is 5.82 Å². The van der Waals surface area contributed by atoms with Crippen LogP contribution in [-0.2, 0) is 7.05 Å². The fourth-order valence-corrected chi connectivity index (χ4v) is 1.73. The van der Waals surface area contributed by atoms with Crippen LogP contribution in [0.4, 0.5) is 5.82 Å². The Morgan fingerprint density at radius 2 is 2.17 bits per heavy atom. The first-order valence-electron chi connectivity index (χ1n) is 5.22. The maximum absolute atomic E-state index is 11.1. The molecule has 2 aromatic rings. The lowest BCUT2D eigenvalue weighted by Gasteiger charge is -2.09. The number of aldehydes is 1. The van der Waals surface area contributed by atoms with Crippen LogP contribution in [0.15, 0.2) is 18.3 Å². The number of methoxy groups -OCH3 is 1. The summed E-state index contributed by atoms with van der Waals surface area (Å²) in [6.07, 6.45) is 2.23. The van der Waals surface area contributed by atoms with Crippen molar-refractivity contribution in [3.05, 3.63) is 23.9 Å². The number of hydrogen-bond acceptors (Lipinski definition) is 5. The molecule has 0 bridgehead atoms. The van der Waals surface area contributed by atoms with E-state index >= 15 is 0 Å². The summed E-state index contributed by atoms with van der Waals surface area (Å²) in [5, 5.41) is 13.8. The SMILES string of the molecule is COc1cc(C=O)c(-c2cnn(C)c2N)cc1O. The van der Waals surface area contributed by atoms with Crippen LogP contribution < -0.4 is 10.5 Å². The molecule has 6 heteroatoms. The Morgan fingerprint density at radius 3 is 2.67 bits per heavy atom. The molecule has 94 valence electrons. The normalized spacial score (nSPS) is 10.3. The Morgan fingerprint density at radius 1 is 1.44 bits per heavy atom. The maximum atomic E-state index is 11.1. The van der Waals surface area contributed by atoms with E-state index in [9.17, 15) is 9.90 Å². The Balaban J connectivity index is 2.67. The smallest absolute Gasteiger partial charge is 0.161 e. The number of ether oxygens (including phenoxy) is 1. The molecule has 0 aliphatic carbocycles. The van der Waals surface area contributed by atoms with Gasteiger partial charge in [0.15, 0.2) is 17.8 Å². The number of rotatable bonds is 3. The molecule has 0 unspecified atom stereocenters. The quantitative estimate of drug-likeness (QED) is 0.795. The second kappa shape index (κ2) is 4.40. The molecule has 0 saturated heterocycles. The summed E-state index contributed by atoms with van der Waals surface area (Å²) in [4.78, 5) is 11.1. The standard InChI is InChI=1S/C12H13N3O3/c1-15-12(13)9(5-14-15)8-4-10(17)11(18-2)3-7(8)6-16/h3-6,17H,13H2,1-2H3. The van der Waals surface area contributed by atoms with Gasteiger partial charge in [0.25, 0.3) is 0 Å². The highest BCUT2D eigenvalue weighted by molar-refractivity contribution is 5.91. The molecule has 1 aromatic heterocycles. The molecule has 0 fully saturated rings.